The summed E-state index contributed by atoms with van der Waals surface area (Å²) in [6.07, 6.45) is 16.8. The highest BCUT2D eigenvalue weighted by molar-refractivity contribution is 5.66. The van der Waals surface area contributed by atoms with Crippen LogP contribution in [0.3, 0.4) is 0 Å². The third kappa shape index (κ3) is 2.39. The molecule has 7 atom stereocenters. The van der Waals surface area contributed by atoms with Gasteiger partial charge in [-0.15, -0.1) is 0 Å². The Morgan fingerprint density at radius 3 is 2.74 bits per heavy atom. The number of allylic oxidation sites excluding steroid dienone is 2. The van der Waals surface area contributed by atoms with Crippen molar-refractivity contribution in [1.82, 2.24) is 0 Å². The van der Waals surface area contributed by atoms with Crippen molar-refractivity contribution >= 4 is 5.97 Å². The first-order valence-corrected chi connectivity index (χ1v) is 11.1. The normalized spacial score (nSPS) is 50.7. The lowest BCUT2D eigenvalue weighted by Gasteiger charge is -2.58. The average molecular weight is 371 g/mol. The highest BCUT2D eigenvalue weighted by Crippen LogP contribution is 2.68. The zero-order valence-electron chi connectivity index (χ0n) is 17.1. The van der Waals surface area contributed by atoms with Crippen LogP contribution in [0.2, 0.25) is 0 Å². The second-order valence-electron chi connectivity index (χ2n) is 10.3. The first-order valence-electron chi connectivity index (χ1n) is 11.1. The Kier molecular flexibility index (Phi) is 3.96. The highest BCUT2D eigenvalue weighted by Gasteiger charge is 2.64. The molecule has 148 valence electrons. The Hall–Kier alpha value is -1.09. The minimum absolute atomic E-state index is 0.0751. The number of carbonyl (C=O) groups excluding carboxylic acids is 1. The van der Waals surface area contributed by atoms with Crippen LogP contribution >= 0.6 is 0 Å². The van der Waals surface area contributed by atoms with Crippen LogP contribution in [-0.4, -0.2) is 24.3 Å². The van der Waals surface area contributed by atoms with Crippen LogP contribution in [0.15, 0.2) is 23.8 Å². The van der Waals surface area contributed by atoms with Gasteiger partial charge in [0, 0.05) is 25.4 Å². The second-order valence-corrected chi connectivity index (χ2v) is 10.3. The fourth-order valence-corrected chi connectivity index (χ4v) is 7.95. The molecule has 27 heavy (non-hydrogen) atoms. The Morgan fingerprint density at radius 2 is 2.00 bits per heavy atom. The molecule has 0 amide bonds. The molecule has 0 aromatic carbocycles. The van der Waals surface area contributed by atoms with Crippen molar-refractivity contribution in [2.24, 2.45) is 28.6 Å². The molecule has 1 aliphatic heterocycles. The first-order chi connectivity index (χ1) is 12.9. The average Bonchev–Trinajstić information content (AvgIpc) is 3.21. The van der Waals surface area contributed by atoms with Gasteiger partial charge in [0.2, 0.25) is 0 Å². The van der Waals surface area contributed by atoms with E-state index in [9.17, 15) is 4.79 Å². The monoisotopic (exact) mass is 370 g/mol. The Bertz CT molecular complexity index is 700. The maximum atomic E-state index is 11.4. The molecule has 1 heterocycles. The van der Waals surface area contributed by atoms with Crippen LogP contribution in [0.4, 0.5) is 0 Å². The van der Waals surface area contributed by atoms with E-state index in [4.69, 9.17) is 9.47 Å². The van der Waals surface area contributed by atoms with Gasteiger partial charge in [0.15, 0.2) is 0 Å². The number of fused-ring (bicyclic) bond motifs is 6. The van der Waals surface area contributed by atoms with Crippen LogP contribution in [0.1, 0.15) is 72.1 Å². The minimum Gasteiger partial charge on any atom is -0.458 e. The van der Waals surface area contributed by atoms with E-state index in [1.54, 1.807) is 0 Å². The highest BCUT2D eigenvalue weighted by atomic mass is 16.5. The topological polar surface area (TPSA) is 35.5 Å². The van der Waals surface area contributed by atoms with Crippen LogP contribution in [-0.2, 0) is 14.3 Å². The minimum atomic E-state index is -0.177. The van der Waals surface area contributed by atoms with Crippen LogP contribution in [0, 0.1) is 28.6 Å². The summed E-state index contributed by atoms with van der Waals surface area (Å²) in [6.45, 7) is 7.48. The lowest BCUT2D eigenvalue weighted by atomic mass is 9.48. The van der Waals surface area contributed by atoms with Crippen molar-refractivity contribution in [3.8, 4) is 0 Å². The molecule has 5 rings (SSSR count). The lowest BCUT2D eigenvalue weighted by Crippen LogP contribution is -2.53. The van der Waals surface area contributed by atoms with E-state index in [1.807, 2.05) is 0 Å². The predicted octanol–water partition coefficient (Wildman–Crippen LogP) is 5.21. The van der Waals surface area contributed by atoms with Gasteiger partial charge in [0.1, 0.15) is 6.10 Å². The zero-order chi connectivity index (χ0) is 18.9. The van der Waals surface area contributed by atoms with Gasteiger partial charge in [-0.1, -0.05) is 31.6 Å². The summed E-state index contributed by atoms with van der Waals surface area (Å²) < 4.78 is 11.9. The molecule has 5 aliphatic rings. The molecule has 0 aromatic heterocycles. The van der Waals surface area contributed by atoms with Crippen LogP contribution in [0.25, 0.3) is 0 Å². The number of esters is 1. The van der Waals surface area contributed by atoms with E-state index in [2.05, 4.69) is 32.1 Å². The molecule has 3 nitrogen and oxygen atoms in total. The summed E-state index contributed by atoms with van der Waals surface area (Å²) in [4.78, 5) is 11.4. The van der Waals surface area contributed by atoms with Gasteiger partial charge < -0.3 is 9.47 Å². The van der Waals surface area contributed by atoms with E-state index < -0.39 is 0 Å². The maximum Gasteiger partial charge on any atom is 0.303 e. The number of rotatable bonds is 1. The van der Waals surface area contributed by atoms with Crippen molar-refractivity contribution in [2.75, 3.05) is 6.61 Å². The van der Waals surface area contributed by atoms with Gasteiger partial charge in [-0.25, -0.2) is 0 Å². The summed E-state index contributed by atoms with van der Waals surface area (Å²) in [5.74, 6) is 2.12. The Labute approximate surface area is 163 Å². The maximum absolute atomic E-state index is 11.4. The summed E-state index contributed by atoms with van der Waals surface area (Å²) >= 11 is 0. The van der Waals surface area contributed by atoms with Gasteiger partial charge in [0.05, 0.1) is 5.60 Å². The quantitative estimate of drug-likeness (QED) is 0.470. The molecule has 0 radical (unpaired) electrons. The van der Waals surface area contributed by atoms with E-state index in [0.29, 0.717) is 5.41 Å². The van der Waals surface area contributed by atoms with Crippen molar-refractivity contribution < 1.29 is 14.3 Å². The fraction of sp³-hybridized carbons (Fsp3) is 0.792. The third-order valence-electron chi connectivity index (χ3n) is 9.32. The molecule has 2 saturated carbocycles. The van der Waals surface area contributed by atoms with Gasteiger partial charge in [-0.3, -0.25) is 4.79 Å². The SMILES string of the molecule is CC(=O)O[C@H]1C=C[C@@]2(C)C(=CC[C@@H]3[C@@H]2CC[C@@]2(C)[C@H]3CCC23CCCO3)C1. The summed E-state index contributed by atoms with van der Waals surface area (Å²) in [6, 6.07) is 0. The second kappa shape index (κ2) is 5.95. The third-order valence-corrected chi connectivity index (χ3v) is 9.32. The van der Waals surface area contributed by atoms with Crippen molar-refractivity contribution in [3.05, 3.63) is 23.8 Å². The molecule has 0 N–H and O–H groups in total. The number of hydrogen-bond acceptors (Lipinski definition) is 3. The first kappa shape index (κ1) is 18.0. The fourth-order valence-electron chi connectivity index (χ4n) is 7.95. The molecule has 3 fully saturated rings. The van der Waals surface area contributed by atoms with E-state index in [1.165, 1.54) is 57.4 Å². The Morgan fingerprint density at radius 1 is 1.19 bits per heavy atom. The van der Waals surface area contributed by atoms with Crippen molar-refractivity contribution in [1.29, 1.82) is 0 Å². The van der Waals surface area contributed by atoms with Crippen LogP contribution < -0.4 is 0 Å². The molecular weight excluding hydrogens is 336 g/mol. The smallest absolute Gasteiger partial charge is 0.303 e. The van der Waals surface area contributed by atoms with E-state index in [-0.39, 0.29) is 23.1 Å². The Balaban J connectivity index is 1.44. The van der Waals surface area contributed by atoms with Crippen molar-refractivity contribution in [2.45, 2.75) is 83.8 Å². The predicted molar refractivity (Wildman–Crippen MR) is 105 cm³/mol. The van der Waals surface area contributed by atoms with E-state index >= 15 is 0 Å². The standard InChI is InChI=1S/C24H34O3/c1-16(25)27-18-7-11-22(2)17(15-18)5-6-19-20(22)8-12-23(3)21(19)9-13-24(23)10-4-14-26-24/h5,7,11,18-21H,4,6,8-10,12-15H2,1-3H3/t18-,19+,20-,21-,22-,23-,24?/m0/s1. The molecule has 0 aromatic rings. The van der Waals surface area contributed by atoms with Gasteiger partial charge in [-0.2, -0.15) is 0 Å². The van der Waals surface area contributed by atoms with Crippen molar-refractivity contribution in [3.63, 3.8) is 0 Å². The molecule has 0 bridgehead atoms. The van der Waals surface area contributed by atoms with Crippen LogP contribution in [0.5, 0.6) is 0 Å². The molecular formula is C24H34O3. The lowest BCUT2D eigenvalue weighted by molar-refractivity contribution is -0.144. The molecule has 3 heteroatoms. The number of ether oxygens (including phenoxy) is 2. The molecule has 1 spiro atoms. The van der Waals surface area contributed by atoms with Gasteiger partial charge in [-0.05, 0) is 74.2 Å². The molecule has 1 unspecified atom stereocenters. The zero-order valence-corrected chi connectivity index (χ0v) is 17.1. The molecule has 1 saturated heterocycles. The number of carbonyl (C=O) groups is 1. The summed E-state index contributed by atoms with van der Waals surface area (Å²) in [5.41, 5.74) is 2.19. The molecule has 4 aliphatic carbocycles. The summed E-state index contributed by atoms with van der Waals surface area (Å²) in [5, 5.41) is 0. The van der Waals surface area contributed by atoms with Gasteiger partial charge >= 0.3 is 5.97 Å². The number of hydrogen-bond donors (Lipinski definition) is 0. The largest absolute Gasteiger partial charge is 0.458 e. The summed E-state index contributed by atoms with van der Waals surface area (Å²) in [7, 11) is 0. The van der Waals surface area contributed by atoms with E-state index in [0.717, 1.165) is 30.8 Å². The van der Waals surface area contributed by atoms with Gasteiger partial charge in [0.25, 0.3) is 0 Å².